The first-order chi connectivity index (χ1) is 8.39. The highest BCUT2D eigenvalue weighted by Gasteiger charge is 2.30. The summed E-state index contributed by atoms with van der Waals surface area (Å²) in [6, 6.07) is 5.45. The minimum atomic E-state index is -0.276. The number of carbonyl (C=O) groups excluding carboxylic acids is 1. The van der Waals surface area contributed by atoms with Gasteiger partial charge in [0.1, 0.15) is 0 Å². The fraction of sp³-hybridized carbons (Fsp3) is 0.500. The summed E-state index contributed by atoms with van der Waals surface area (Å²) in [6.45, 7) is 7.76. The number of benzene rings is 1. The van der Waals surface area contributed by atoms with E-state index in [9.17, 15) is 4.79 Å². The van der Waals surface area contributed by atoms with Gasteiger partial charge in [0, 0.05) is 24.3 Å². The Labute approximate surface area is 108 Å². The molecule has 0 unspecified atom stereocenters. The zero-order chi connectivity index (χ0) is 13.3. The molecule has 0 bridgehead atoms. The molecule has 2 rings (SSSR count). The lowest BCUT2D eigenvalue weighted by Crippen LogP contribution is -2.50. The average molecular weight is 248 g/mol. The van der Waals surface area contributed by atoms with Crippen molar-refractivity contribution in [1.82, 2.24) is 4.90 Å². The van der Waals surface area contributed by atoms with Gasteiger partial charge < -0.3 is 15.4 Å². The molecule has 0 saturated carbocycles. The average Bonchev–Trinajstić information content (AvgIpc) is 2.30. The lowest BCUT2D eigenvalue weighted by atomic mass is 10.0. The van der Waals surface area contributed by atoms with Crippen LogP contribution in [0.2, 0.25) is 0 Å². The normalized spacial score (nSPS) is 18.7. The van der Waals surface area contributed by atoms with E-state index in [1.54, 1.807) is 6.07 Å². The highest BCUT2D eigenvalue weighted by molar-refractivity contribution is 5.96. The van der Waals surface area contributed by atoms with Crippen LogP contribution in [-0.4, -0.2) is 36.1 Å². The van der Waals surface area contributed by atoms with Crippen molar-refractivity contribution in [1.29, 1.82) is 0 Å². The third-order valence-electron chi connectivity index (χ3n) is 3.20. The van der Waals surface area contributed by atoms with Gasteiger partial charge in [-0.15, -0.1) is 0 Å². The summed E-state index contributed by atoms with van der Waals surface area (Å²) < 4.78 is 5.62. The molecule has 1 aromatic carbocycles. The number of amides is 1. The summed E-state index contributed by atoms with van der Waals surface area (Å²) >= 11 is 0. The number of hydrogen-bond acceptors (Lipinski definition) is 3. The molecule has 1 aliphatic rings. The van der Waals surface area contributed by atoms with E-state index in [0.29, 0.717) is 30.9 Å². The van der Waals surface area contributed by atoms with E-state index in [1.165, 1.54) is 0 Å². The van der Waals surface area contributed by atoms with Crippen LogP contribution in [0.25, 0.3) is 0 Å². The van der Waals surface area contributed by atoms with Crippen molar-refractivity contribution < 1.29 is 9.53 Å². The molecule has 1 amide bonds. The number of carbonyl (C=O) groups is 1. The minimum absolute atomic E-state index is 0.0381. The largest absolute Gasteiger partial charge is 0.399 e. The van der Waals surface area contributed by atoms with Gasteiger partial charge in [0.25, 0.3) is 5.91 Å². The van der Waals surface area contributed by atoms with Crippen molar-refractivity contribution in [3.05, 3.63) is 29.3 Å². The lowest BCUT2D eigenvalue weighted by Gasteiger charge is -2.38. The number of aryl methyl sites for hydroxylation is 1. The van der Waals surface area contributed by atoms with Crippen LogP contribution in [0.5, 0.6) is 0 Å². The molecule has 0 aliphatic carbocycles. The monoisotopic (exact) mass is 248 g/mol. The molecule has 0 atom stereocenters. The van der Waals surface area contributed by atoms with Gasteiger partial charge in [-0.2, -0.15) is 0 Å². The van der Waals surface area contributed by atoms with Crippen molar-refractivity contribution in [3.63, 3.8) is 0 Å². The molecule has 1 aliphatic heterocycles. The molecule has 1 saturated heterocycles. The van der Waals surface area contributed by atoms with Crippen molar-refractivity contribution >= 4 is 11.6 Å². The number of nitrogen functional groups attached to an aromatic ring is 1. The second kappa shape index (κ2) is 4.61. The topological polar surface area (TPSA) is 55.6 Å². The number of nitrogens with zero attached hydrogens (tertiary/aromatic N) is 1. The van der Waals surface area contributed by atoms with E-state index in [0.717, 1.165) is 5.56 Å². The van der Waals surface area contributed by atoms with E-state index >= 15 is 0 Å². The third-order valence-corrected chi connectivity index (χ3v) is 3.20. The molecule has 0 spiro atoms. The lowest BCUT2D eigenvalue weighted by molar-refractivity contribution is -0.0764. The second-order valence-corrected chi connectivity index (χ2v) is 5.41. The Balaban J connectivity index is 2.23. The first-order valence-electron chi connectivity index (χ1n) is 6.18. The van der Waals surface area contributed by atoms with Crippen LogP contribution in [0.3, 0.4) is 0 Å². The fourth-order valence-corrected chi connectivity index (χ4v) is 2.23. The third kappa shape index (κ3) is 2.64. The van der Waals surface area contributed by atoms with Gasteiger partial charge in [-0.05, 0) is 38.5 Å². The molecule has 1 aromatic rings. The standard InChI is InChI=1S/C14H20N2O2/c1-10-4-5-11(15)8-12(10)13(17)16-6-7-18-14(2,3)9-16/h4-5,8H,6-7,9,15H2,1-3H3. The Bertz CT molecular complexity index is 469. The molecule has 1 heterocycles. The van der Waals surface area contributed by atoms with Crippen molar-refractivity contribution in [2.75, 3.05) is 25.4 Å². The molecule has 0 aromatic heterocycles. The van der Waals surface area contributed by atoms with Crippen LogP contribution in [-0.2, 0) is 4.74 Å². The maximum atomic E-state index is 12.5. The Morgan fingerprint density at radius 1 is 1.44 bits per heavy atom. The zero-order valence-corrected chi connectivity index (χ0v) is 11.2. The Morgan fingerprint density at radius 3 is 2.83 bits per heavy atom. The summed E-state index contributed by atoms with van der Waals surface area (Å²) in [5, 5.41) is 0. The predicted octanol–water partition coefficient (Wildman–Crippen LogP) is 1.83. The summed E-state index contributed by atoms with van der Waals surface area (Å²) in [6.07, 6.45) is 0. The molecule has 2 N–H and O–H groups in total. The predicted molar refractivity (Wildman–Crippen MR) is 71.5 cm³/mol. The van der Waals surface area contributed by atoms with Crippen LogP contribution in [0.4, 0.5) is 5.69 Å². The second-order valence-electron chi connectivity index (χ2n) is 5.41. The van der Waals surface area contributed by atoms with E-state index < -0.39 is 0 Å². The van der Waals surface area contributed by atoms with E-state index in [4.69, 9.17) is 10.5 Å². The van der Waals surface area contributed by atoms with Gasteiger partial charge >= 0.3 is 0 Å². The van der Waals surface area contributed by atoms with Gasteiger partial charge in [0.2, 0.25) is 0 Å². The molecule has 1 fully saturated rings. The Hall–Kier alpha value is -1.55. The zero-order valence-electron chi connectivity index (χ0n) is 11.2. The van der Waals surface area contributed by atoms with Crippen molar-refractivity contribution in [2.45, 2.75) is 26.4 Å². The number of nitrogens with two attached hydrogens (primary N) is 1. The Morgan fingerprint density at radius 2 is 2.17 bits per heavy atom. The maximum Gasteiger partial charge on any atom is 0.254 e. The highest BCUT2D eigenvalue weighted by atomic mass is 16.5. The van der Waals surface area contributed by atoms with E-state index in [1.807, 2.05) is 37.8 Å². The molecule has 18 heavy (non-hydrogen) atoms. The highest BCUT2D eigenvalue weighted by Crippen LogP contribution is 2.21. The smallest absolute Gasteiger partial charge is 0.254 e. The van der Waals surface area contributed by atoms with Gasteiger partial charge in [-0.3, -0.25) is 4.79 Å². The molecular weight excluding hydrogens is 228 g/mol. The molecule has 98 valence electrons. The van der Waals surface area contributed by atoms with E-state index in [-0.39, 0.29) is 11.5 Å². The SMILES string of the molecule is Cc1ccc(N)cc1C(=O)N1CCOC(C)(C)C1. The molecule has 0 radical (unpaired) electrons. The molecule has 4 nitrogen and oxygen atoms in total. The number of rotatable bonds is 1. The number of morpholine rings is 1. The summed E-state index contributed by atoms with van der Waals surface area (Å²) in [4.78, 5) is 14.3. The van der Waals surface area contributed by atoms with Crippen molar-refractivity contribution in [2.24, 2.45) is 0 Å². The molecular formula is C14H20N2O2. The van der Waals surface area contributed by atoms with Gasteiger partial charge in [0.15, 0.2) is 0 Å². The minimum Gasteiger partial charge on any atom is -0.399 e. The van der Waals surface area contributed by atoms with Gasteiger partial charge in [-0.1, -0.05) is 6.07 Å². The summed E-state index contributed by atoms with van der Waals surface area (Å²) in [5.74, 6) is 0.0381. The molecule has 4 heteroatoms. The number of anilines is 1. The van der Waals surface area contributed by atoms with Crippen molar-refractivity contribution in [3.8, 4) is 0 Å². The first kappa shape index (κ1) is 12.9. The summed E-state index contributed by atoms with van der Waals surface area (Å²) in [5.41, 5.74) is 7.74. The maximum absolute atomic E-state index is 12.5. The van der Waals surface area contributed by atoms with Crippen LogP contribution in [0, 0.1) is 6.92 Å². The van der Waals surface area contributed by atoms with Crippen LogP contribution in [0.1, 0.15) is 29.8 Å². The quantitative estimate of drug-likeness (QED) is 0.771. The van der Waals surface area contributed by atoms with Crippen LogP contribution >= 0.6 is 0 Å². The summed E-state index contributed by atoms with van der Waals surface area (Å²) in [7, 11) is 0. The first-order valence-corrected chi connectivity index (χ1v) is 6.18. The number of hydrogen-bond donors (Lipinski definition) is 1. The number of ether oxygens (including phenoxy) is 1. The fourth-order valence-electron chi connectivity index (χ4n) is 2.23. The van der Waals surface area contributed by atoms with Gasteiger partial charge in [-0.25, -0.2) is 0 Å². The van der Waals surface area contributed by atoms with Gasteiger partial charge in [0.05, 0.1) is 12.2 Å². The van der Waals surface area contributed by atoms with Crippen LogP contribution < -0.4 is 5.73 Å². The van der Waals surface area contributed by atoms with Crippen LogP contribution in [0.15, 0.2) is 18.2 Å². The van der Waals surface area contributed by atoms with E-state index in [2.05, 4.69) is 0 Å². The Kier molecular flexibility index (Phi) is 3.30.